The van der Waals surface area contributed by atoms with Crippen LogP contribution in [-0.4, -0.2) is 63.3 Å². The van der Waals surface area contributed by atoms with E-state index in [0.29, 0.717) is 0 Å². The van der Waals surface area contributed by atoms with Crippen LogP contribution in [0.2, 0.25) is 0 Å². The fourth-order valence-electron chi connectivity index (χ4n) is 0. The van der Waals surface area contributed by atoms with Crippen molar-refractivity contribution in [2.24, 2.45) is 0 Å². The van der Waals surface area contributed by atoms with Crippen molar-refractivity contribution >= 4 is 56.2 Å². The smallest absolute Gasteiger partial charge is 0.871 e. The van der Waals surface area contributed by atoms with Crippen LogP contribution in [-0.2, 0) is 4.65 Å². The summed E-state index contributed by atoms with van der Waals surface area (Å²) in [6.45, 7) is 0. The molecule has 0 rings (SSSR count). The van der Waals surface area contributed by atoms with Gasteiger partial charge in [-0.05, 0) is 0 Å². The standard InChI is InChI=1S/CH3BO3.Ba/c1-5-2(3)4;/h1H3;/q-2;+2. The van der Waals surface area contributed by atoms with Crippen molar-refractivity contribution < 1.29 is 14.7 Å². The molecule has 30 valence electrons. The predicted octanol–water partition coefficient (Wildman–Crippen LogP) is -3.04. The van der Waals surface area contributed by atoms with Crippen LogP contribution in [0.15, 0.2) is 0 Å². The Balaban J connectivity index is 0. The molecule has 0 fully saturated rings. The van der Waals surface area contributed by atoms with Crippen molar-refractivity contribution in [2.45, 2.75) is 0 Å². The van der Waals surface area contributed by atoms with Crippen molar-refractivity contribution in [3.8, 4) is 0 Å². The average Bonchev–Trinajstić information content (AvgIpc) is 1.38. The molecule has 0 aromatic carbocycles. The first-order valence-electron chi connectivity index (χ1n) is 1.12. The van der Waals surface area contributed by atoms with Crippen molar-refractivity contribution in [2.75, 3.05) is 7.11 Å². The van der Waals surface area contributed by atoms with Gasteiger partial charge in [-0.15, -0.1) is 0 Å². The van der Waals surface area contributed by atoms with Gasteiger partial charge < -0.3 is 14.7 Å². The SMILES string of the molecule is COB([O-])[O-].[Ba+2]. The molecule has 0 aliphatic rings. The second kappa shape index (κ2) is 6.52. The Hall–Kier alpha value is 1.52. The molecule has 0 aliphatic heterocycles. The van der Waals surface area contributed by atoms with Crippen molar-refractivity contribution in [1.29, 1.82) is 0 Å². The van der Waals surface area contributed by atoms with Gasteiger partial charge in [0.15, 0.2) is 0 Å². The van der Waals surface area contributed by atoms with Crippen molar-refractivity contribution in [1.82, 2.24) is 0 Å². The molecule has 0 aromatic rings. The number of hydrogen-bond acceptors (Lipinski definition) is 3. The maximum absolute atomic E-state index is 9.12. The third-order valence-corrected chi connectivity index (χ3v) is 0.192. The summed E-state index contributed by atoms with van der Waals surface area (Å²) in [5.41, 5.74) is 0. The Labute approximate surface area is 76.9 Å². The van der Waals surface area contributed by atoms with Gasteiger partial charge in [0, 0.05) is 7.11 Å². The first-order chi connectivity index (χ1) is 2.27. The van der Waals surface area contributed by atoms with Crippen LogP contribution in [0, 0.1) is 0 Å². The van der Waals surface area contributed by atoms with Gasteiger partial charge in [0.25, 0.3) is 0 Å². The summed E-state index contributed by atoms with van der Waals surface area (Å²) in [7, 11) is -1.04. The fraction of sp³-hybridized carbons (Fsp3) is 1.00. The van der Waals surface area contributed by atoms with E-state index in [-0.39, 0.29) is 48.9 Å². The molecule has 6 heavy (non-hydrogen) atoms. The zero-order valence-corrected chi connectivity index (χ0v) is 7.95. The van der Waals surface area contributed by atoms with E-state index >= 15 is 0 Å². The minimum Gasteiger partial charge on any atom is -0.871 e. The van der Waals surface area contributed by atoms with Gasteiger partial charge in [-0.1, -0.05) is 0 Å². The molecular formula is CH3BBaO3. The summed E-state index contributed by atoms with van der Waals surface area (Å²) < 4.78 is 3.64. The zero-order valence-electron chi connectivity index (χ0n) is 3.51. The van der Waals surface area contributed by atoms with Gasteiger partial charge in [0.05, 0.1) is 7.32 Å². The van der Waals surface area contributed by atoms with E-state index < -0.39 is 7.32 Å². The van der Waals surface area contributed by atoms with E-state index in [1.807, 2.05) is 0 Å². The minimum atomic E-state index is -2.12. The molecule has 0 radical (unpaired) electrons. The van der Waals surface area contributed by atoms with E-state index in [4.69, 9.17) is 10.0 Å². The normalized spacial score (nSPS) is 6.50. The summed E-state index contributed by atoms with van der Waals surface area (Å²) in [5, 5.41) is 18.2. The largest absolute Gasteiger partial charge is 2.00 e. The molecule has 0 bridgehead atoms. The van der Waals surface area contributed by atoms with Gasteiger partial charge in [-0.25, -0.2) is 0 Å². The van der Waals surface area contributed by atoms with E-state index in [1.165, 1.54) is 0 Å². The molecular weight excluding hydrogens is 208 g/mol. The van der Waals surface area contributed by atoms with Gasteiger partial charge >= 0.3 is 48.9 Å². The van der Waals surface area contributed by atoms with E-state index in [1.54, 1.807) is 0 Å². The third-order valence-electron chi connectivity index (χ3n) is 0.192. The average molecular weight is 211 g/mol. The second-order valence-corrected chi connectivity index (χ2v) is 0.524. The molecule has 0 heterocycles. The van der Waals surface area contributed by atoms with Crippen LogP contribution in [0.4, 0.5) is 0 Å². The molecule has 0 amide bonds. The molecule has 0 atom stereocenters. The Kier molecular flexibility index (Phi) is 11.4. The Morgan fingerprint density at radius 3 is 1.67 bits per heavy atom. The Morgan fingerprint density at radius 2 is 1.67 bits per heavy atom. The zero-order chi connectivity index (χ0) is 4.28. The van der Waals surface area contributed by atoms with Crippen molar-refractivity contribution in [3.63, 3.8) is 0 Å². The molecule has 0 aromatic heterocycles. The first-order valence-corrected chi connectivity index (χ1v) is 1.12. The van der Waals surface area contributed by atoms with Gasteiger partial charge in [0.1, 0.15) is 0 Å². The fourth-order valence-corrected chi connectivity index (χ4v) is 0. The number of hydrogen-bond donors (Lipinski definition) is 0. The molecule has 0 saturated heterocycles. The topological polar surface area (TPSA) is 55.3 Å². The van der Waals surface area contributed by atoms with Crippen LogP contribution < -0.4 is 10.0 Å². The third kappa shape index (κ3) is 9.10. The molecule has 0 aliphatic carbocycles. The maximum atomic E-state index is 9.12. The monoisotopic (exact) mass is 212 g/mol. The minimum absolute atomic E-state index is 0. The van der Waals surface area contributed by atoms with Gasteiger partial charge in [-0.3, -0.25) is 0 Å². The summed E-state index contributed by atoms with van der Waals surface area (Å²) >= 11 is 0. The predicted molar refractivity (Wildman–Crippen MR) is 18.5 cm³/mol. The molecule has 0 saturated carbocycles. The summed E-state index contributed by atoms with van der Waals surface area (Å²) in [6, 6.07) is 0. The summed E-state index contributed by atoms with van der Waals surface area (Å²) in [6.07, 6.45) is 0. The van der Waals surface area contributed by atoms with E-state index in [9.17, 15) is 0 Å². The Morgan fingerprint density at radius 1 is 1.50 bits per heavy atom. The van der Waals surface area contributed by atoms with Crippen molar-refractivity contribution in [3.05, 3.63) is 0 Å². The number of rotatable bonds is 1. The van der Waals surface area contributed by atoms with Crippen LogP contribution in [0.3, 0.4) is 0 Å². The summed E-state index contributed by atoms with van der Waals surface area (Å²) in [5.74, 6) is 0. The van der Waals surface area contributed by atoms with E-state index in [2.05, 4.69) is 4.65 Å². The first kappa shape index (κ1) is 10.5. The quantitative estimate of drug-likeness (QED) is 0.433. The second-order valence-electron chi connectivity index (χ2n) is 0.524. The van der Waals surface area contributed by atoms with Crippen LogP contribution >= 0.6 is 0 Å². The molecule has 5 heteroatoms. The van der Waals surface area contributed by atoms with E-state index in [0.717, 1.165) is 7.11 Å². The maximum Gasteiger partial charge on any atom is 2.00 e. The molecule has 3 nitrogen and oxygen atoms in total. The van der Waals surface area contributed by atoms with Crippen LogP contribution in [0.1, 0.15) is 0 Å². The molecule has 0 unspecified atom stereocenters. The van der Waals surface area contributed by atoms with Crippen LogP contribution in [0.5, 0.6) is 0 Å². The van der Waals surface area contributed by atoms with Crippen LogP contribution in [0.25, 0.3) is 0 Å². The molecule has 0 N–H and O–H groups in total. The van der Waals surface area contributed by atoms with Gasteiger partial charge in [0.2, 0.25) is 0 Å². The molecule has 0 spiro atoms. The Bertz CT molecular complexity index is 24.8. The van der Waals surface area contributed by atoms with Gasteiger partial charge in [-0.2, -0.15) is 0 Å². The summed E-state index contributed by atoms with van der Waals surface area (Å²) in [4.78, 5) is 0.